The Morgan fingerprint density at radius 3 is 2.43 bits per heavy atom. The molecule has 0 saturated heterocycles. The Morgan fingerprint density at radius 1 is 1.14 bits per heavy atom. The van der Waals surface area contributed by atoms with Gasteiger partial charge in [-0.15, -0.1) is 0 Å². The third kappa shape index (κ3) is 4.46. The normalized spacial score (nSPS) is 21.6. The first-order chi connectivity index (χ1) is 10.1. The van der Waals surface area contributed by atoms with Crippen LogP contribution in [-0.2, 0) is 9.59 Å². The first-order valence-corrected chi connectivity index (χ1v) is 7.84. The van der Waals surface area contributed by atoms with E-state index in [1.54, 1.807) is 24.3 Å². The lowest BCUT2D eigenvalue weighted by molar-refractivity contribution is -0.136. The van der Waals surface area contributed by atoms with Crippen molar-refractivity contribution in [1.82, 2.24) is 5.32 Å². The molecule has 0 spiro atoms. The highest BCUT2D eigenvalue weighted by Gasteiger charge is 2.24. The third-order valence-electron chi connectivity index (χ3n) is 4.09. The number of para-hydroxylation sites is 1. The number of carbonyl (C=O) groups excluding carboxylic acids is 2. The zero-order valence-corrected chi connectivity index (χ0v) is 13.0. The van der Waals surface area contributed by atoms with Gasteiger partial charge >= 0.3 is 11.8 Å². The van der Waals surface area contributed by atoms with Crippen molar-refractivity contribution in [3.05, 3.63) is 29.3 Å². The van der Waals surface area contributed by atoms with Crippen LogP contribution < -0.4 is 10.6 Å². The quantitative estimate of drug-likeness (QED) is 0.841. The van der Waals surface area contributed by atoms with Crippen molar-refractivity contribution in [3.63, 3.8) is 0 Å². The summed E-state index contributed by atoms with van der Waals surface area (Å²) in [5, 5.41) is 5.76. The predicted molar refractivity (Wildman–Crippen MR) is 84.3 cm³/mol. The summed E-state index contributed by atoms with van der Waals surface area (Å²) in [6.07, 6.45) is 5.32. The lowest BCUT2D eigenvalue weighted by Gasteiger charge is -2.28. The van der Waals surface area contributed by atoms with E-state index in [9.17, 15) is 9.59 Å². The van der Waals surface area contributed by atoms with Gasteiger partial charge in [0.15, 0.2) is 0 Å². The van der Waals surface area contributed by atoms with Gasteiger partial charge < -0.3 is 10.6 Å². The van der Waals surface area contributed by atoms with Gasteiger partial charge in [-0.25, -0.2) is 0 Å². The average molecular weight is 309 g/mol. The molecule has 0 atom stereocenters. The topological polar surface area (TPSA) is 58.2 Å². The second kappa shape index (κ2) is 7.46. The Kier molecular flexibility index (Phi) is 5.62. The van der Waals surface area contributed by atoms with Crippen LogP contribution in [0.25, 0.3) is 0 Å². The summed E-state index contributed by atoms with van der Waals surface area (Å²) < 4.78 is 0. The van der Waals surface area contributed by atoms with Gasteiger partial charge in [0.05, 0.1) is 10.7 Å². The van der Waals surface area contributed by atoms with Crippen LogP contribution in [0, 0.1) is 5.92 Å². The molecule has 21 heavy (non-hydrogen) atoms. The van der Waals surface area contributed by atoms with E-state index >= 15 is 0 Å². The van der Waals surface area contributed by atoms with Gasteiger partial charge in [-0.1, -0.05) is 37.1 Å². The monoisotopic (exact) mass is 308 g/mol. The van der Waals surface area contributed by atoms with Crippen molar-refractivity contribution >= 4 is 29.1 Å². The molecule has 2 N–H and O–H groups in total. The second-order valence-electron chi connectivity index (χ2n) is 5.53. The lowest BCUT2D eigenvalue weighted by Crippen LogP contribution is -2.43. The van der Waals surface area contributed by atoms with E-state index in [2.05, 4.69) is 17.6 Å². The summed E-state index contributed by atoms with van der Waals surface area (Å²) in [4.78, 5) is 23.8. The van der Waals surface area contributed by atoms with Gasteiger partial charge in [0.2, 0.25) is 0 Å². The minimum atomic E-state index is -0.666. The zero-order chi connectivity index (χ0) is 15.2. The first kappa shape index (κ1) is 15.8. The molecule has 4 nitrogen and oxygen atoms in total. The molecule has 2 amide bonds. The molecule has 1 aliphatic carbocycles. The number of nitrogens with one attached hydrogen (secondary N) is 2. The van der Waals surface area contributed by atoms with Crippen molar-refractivity contribution in [2.45, 2.75) is 45.1 Å². The Hall–Kier alpha value is -1.55. The molecule has 5 heteroatoms. The molecular formula is C16H21ClN2O2. The van der Waals surface area contributed by atoms with Gasteiger partial charge in [-0.3, -0.25) is 9.59 Å². The van der Waals surface area contributed by atoms with Gasteiger partial charge in [-0.2, -0.15) is 0 Å². The van der Waals surface area contributed by atoms with Crippen molar-refractivity contribution in [3.8, 4) is 0 Å². The van der Waals surface area contributed by atoms with Gasteiger partial charge in [-0.05, 0) is 43.7 Å². The van der Waals surface area contributed by atoms with Crippen LogP contribution >= 0.6 is 11.6 Å². The number of hydrogen-bond donors (Lipinski definition) is 2. The SMILES string of the molecule is CCC1CCC(NC(=O)C(=O)Nc2ccccc2Cl)CC1. The van der Waals surface area contributed by atoms with Crippen LogP contribution in [0.15, 0.2) is 24.3 Å². The van der Waals surface area contributed by atoms with Gasteiger partial charge in [0.1, 0.15) is 0 Å². The summed E-state index contributed by atoms with van der Waals surface area (Å²) >= 11 is 5.95. The van der Waals surface area contributed by atoms with Crippen LogP contribution in [0.3, 0.4) is 0 Å². The molecular weight excluding hydrogens is 288 g/mol. The number of anilines is 1. The summed E-state index contributed by atoms with van der Waals surface area (Å²) in [5.74, 6) is -0.495. The van der Waals surface area contributed by atoms with Gasteiger partial charge in [0, 0.05) is 6.04 Å². The van der Waals surface area contributed by atoms with Crippen LogP contribution in [0.1, 0.15) is 39.0 Å². The molecule has 2 rings (SSSR count). The number of halogens is 1. The van der Waals surface area contributed by atoms with E-state index < -0.39 is 11.8 Å². The van der Waals surface area contributed by atoms with E-state index in [1.165, 1.54) is 6.42 Å². The fourth-order valence-corrected chi connectivity index (χ4v) is 2.89. The highest BCUT2D eigenvalue weighted by molar-refractivity contribution is 6.41. The minimum absolute atomic E-state index is 0.109. The first-order valence-electron chi connectivity index (χ1n) is 7.46. The van der Waals surface area contributed by atoms with Crippen molar-refractivity contribution in [2.75, 3.05) is 5.32 Å². The van der Waals surface area contributed by atoms with Gasteiger partial charge in [0.25, 0.3) is 0 Å². The molecule has 1 aromatic carbocycles. The highest BCUT2D eigenvalue weighted by Crippen LogP contribution is 2.26. The molecule has 1 saturated carbocycles. The highest BCUT2D eigenvalue weighted by atomic mass is 35.5. The van der Waals surface area contributed by atoms with E-state index in [-0.39, 0.29) is 6.04 Å². The molecule has 0 heterocycles. The molecule has 0 aliphatic heterocycles. The lowest BCUT2D eigenvalue weighted by atomic mass is 9.84. The molecule has 1 aliphatic rings. The van der Waals surface area contributed by atoms with Crippen molar-refractivity contribution < 1.29 is 9.59 Å². The number of benzene rings is 1. The smallest absolute Gasteiger partial charge is 0.313 e. The minimum Gasteiger partial charge on any atom is -0.345 e. The standard InChI is InChI=1S/C16H21ClN2O2/c1-2-11-7-9-12(10-8-11)18-15(20)16(21)19-14-6-4-3-5-13(14)17/h3-6,11-12H,2,7-10H2,1H3,(H,18,20)(H,19,21). The van der Waals surface area contributed by atoms with E-state index in [1.807, 2.05) is 0 Å². The Labute approximate surface area is 130 Å². The largest absolute Gasteiger partial charge is 0.345 e. The molecule has 114 valence electrons. The average Bonchev–Trinajstić information content (AvgIpc) is 2.50. The van der Waals surface area contributed by atoms with Crippen LogP contribution in [0.5, 0.6) is 0 Å². The summed E-state index contributed by atoms with van der Waals surface area (Å²) in [7, 11) is 0. The fraction of sp³-hybridized carbons (Fsp3) is 0.500. The Bertz CT molecular complexity index is 511. The molecule has 1 fully saturated rings. The molecule has 0 radical (unpaired) electrons. The van der Waals surface area contributed by atoms with Crippen LogP contribution in [-0.4, -0.2) is 17.9 Å². The molecule has 0 aromatic heterocycles. The third-order valence-corrected chi connectivity index (χ3v) is 4.42. The molecule has 1 aromatic rings. The maximum absolute atomic E-state index is 11.9. The summed E-state index contributed by atoms with van der Waals surface area (Å²) in [6.45, 7) is 2.20. The zero-order valence-electron chi connectivity index (χ0n) is 12.2. The summed E-state index contributed by atoms with van der Waals surface area (Å²) in [5.41, 5.74) is 0.453. The van der Waals surface area contributed by atoms with Crippen LogP contribution in [0.2, 0.25) is 5.02 Å². The molecule has 0 bridgehead atoms. The number of carbonyl (C=O) groups is 2. The van der Waals surface area contributed by atoms with Crippen molar-refractivity contribution in [1.29, 1.82) is 0 Å². The number of hydrogen-bond acceptors (Lipinski definition) is 2. The fourth-order valence-electron chi connectivity index (χ4n) is 2.71. The van der Waals surface area contributed by atoms with E-state index in [4.69, 9.17) is 11.6 Å². The second-order valence-corrected chi connectivity index (χ2v) is 5.94. The summed E-state index contributed by atoms with van der Waals surface area (Å²) in [6, 6.07) is 6.97. The predicted octanol–water partition coefficient (Wildman–Crippen LogP) is 3.36. The number of amides is 2. The van der Waals surface area contributed by atoms with Crippen molar-refractivity contribution in [2.24, 2.45) is 5.92 Å². The molecule has 0 unspecified atom stereocenters. The van der Waals surface area contributed by atoms with E-state index in [0.29, 0.717) is 10.7 Å². The van der Waals surface area contributed by atoms with E-state index in [0.717, 1.165) is 31.6 Å². The maximum atomic E-state index is 11.9. The Morgan fingerprint density at radius 2 is 1.81 bits per heavy atom. The van der Waals surface area contributed by atoms with Crippen LogP contribution in [0.4, 0.5) is 5.69 Å². The number of rotatable bonds is 3. The maximum Gasteiger partial charge on any atom is 0.313 e. The Balaban J connectivity index is 1.83.